The van der Waals surface area contributed by atoms with E-state index in [-0.39, 0.29) is 12.1 Å². The van der Waals surface area contributed by atoms with Crippen molar-refractivity contribution in [3.63, 3.8) is 0 Å². The molecule has 0 fully saturated rings. The maximum atomic E-state index is 12.7. The topological polar surface area (TPSA) is 82.5 Å². The Labute approximate surface area is 164 Å². The lowest BCUT2D eigenvalue weighted by Crippen LogP contribution is -2.28. The van der Waals surface area contributed by atoms with Crippen molar-refractivity contribution < 1.29 is 14.3 Å². The second-order valence-corrected chi connectivity index (χ2v) is 7.49. The van der Waals surface area contributed by atoms with Crippen LogP contribution in [0.4, 0.5) is 5.69 Å². The fraction of sp³-hybridized carbons (Fsp3) is 0.278. The van der Waals surface area contributed by atoms with Crippen LogP contribution >= 0.6 is 22.9 Å². The molecule has 2 heterocycles. The molecule has 0 aliphatic rings. The van der Waals surface area contributed by atoms with Gasteiger partial charge in [-0.2, -0.15) is 0 Å². The van der Waals surface area contributed by atoms with Crippen LogP contribution in [0.5, 0.6) is 11.5 Å². The summed E-state index contributed by atoms with van der Waals surface area (Å²) < 4.78 is 11.7. The van der Waals surface area contributed by atoms with Crippen LogP contribution < -0.4 is 20.3 Å². The fourth-order valence-electron chi connectivity index (χ4n) is 2.69. The van der Waals surface area contributed by atoms with Crippen LogP contribution in [0.2, 0.25) is 5.02 Å². The smallest absolute Gasteiger partial charge is 0.262 e. The molecule has 3 rings (SSSR count). The third-order valence-electron chi connectivity index (χ3n) is 4.22. The first-order chi connectivity index (χ1) is 12.8. The minimum atomic E-state index is -0.398. The highest BCUT2D eigenvalue weighted by atomic mass is 35.5. The number of aromatic nitrogens is 2. The van der Waals surface area contributed by atoms with Gasteiger partial charge >= 0.3 is 0 Å². The third kappa shape index (κ3) is 3.63. The average Bonchev–Trinajstić information content (AvgIpc) is 2.93. The first kappa shape index (κ1) is 19.2. The van der Waals surface area contributed by atoms with Crippen LogP contribution in [0, 0.1) is 13.8 Å². The van der Waals surface area contributed by atoms with Gasteiger partial charge in [0, 0.05) is 17.0 Å². The molecule has 0 atom stereocenters. The molecular weight excluding hydrogens is 390 g/mol. The largest absolute Gasteiger partial charge is 0.495 e. The van der Waals surface area contributed by atoms with Crippen molar-refractivity contribution in [2.45, 2.75) is 20.4 Å². The number of hydrogen-bond acceptors (Lipinski definition) is 6. The molecule has 0 bridgehead atoms. The van der Waals surface area contributed by atoms with E-state index >= 15 is 0 Å². The van der Waals surface area contributed by atoms with Crippen molar-refractivity contribution in [1.29, 1.82) is 0 Å². The van der Waals surface area contributed by atoms with E-state index < -0.39 is 5.91 Å². The fourth-order valence-corrected chi connectivity index (χ4v) is 3.90. The molecule has 0 saturated carbocycles. The van der Waals surface area contributed by atoms with Crippen molar-refractivity contribution in [2.24, 2.45) is 0 Å². The zero-order chi connectivity index (χ0) is 19.7. The second kappa shape index (κ2) is 7.58. The number of benzene rings is 1. The summed E-state index contributed by atoms with van der Waals surface area (Å²) in [6, 6.07) is 3.11. The molecule has 3 aromatic rings. The summed E-state index contributed by atoms with van der Waals surface area (Å²) >= 11 is 7.53. The third-order valence-corrected chi connectivity index (χ3v) is 5.63. The molecule has 1 amide bonds. The number of nitrogens with zero attached hydrogens (tertiary/aromatic N) is 2. The molecule has 2 aromatic heterocycles. The summed E-state index contributed by atoms with van der Waals surface area (Å²) in [5.41, 5.74) is 1.05. The SMILES string of the molecule is COc1cc(NC(=O)Cn2cnc3sc(C)c(C)c3c2=O)c(OC)cc1Cl. The Morgan fingerprint density at radius 2 is 1.96 bits per heavy atom. The average molecular weight is 408 g/mol. The molecule has 0 unspecified atom stereocenters. The number of carbonyl (C=O) groups excluding carboxylic acids is 1. The van der Waals surface area contributed by atoms with E-state index in [1.807, 2.05) is 13.8 Å². The Morgan fingerprint density at radius 1 is 1.26 bits per heavy atom. The summed E-state index contributed by atoms with van der Waals surface area (Å²) in [5, 5.41) is 3.64. The molecule has 0 spiro atoms. The predicted molar refractivity (Wildman–Crippen MR) is 107 cm³/mol. The molecular formula is C18H18ClN3O4S. The highest BCUT2D eigenvalue weighted by molar-refractivity contribution is 7.18. The predicted octanol–water partition coefficient (Wildman–Crippen LogP) is 3.38. The summed E-state index contributed by atoms with van der Waals surface area (Å²) in [6.45, 7) is 3.65. The van der Waals surface area contributed by atoms with E-state index in [0.29, 0.717) is 32.4 Å². The van der Waals surface area contributed by atoms with Crippen LogP contribution in [0.1, 0.15) is 10.4 Å². The van der Waals surface area contributed by atoms with E-state index in [2.05, 4.69) is 10.3 Å². The molecule has 7 nitrogen and oxygen atoms in total. The number of amides is 1. The van der Waals surface area contributed by atoms with Gasteiger partial charge < -0.3 is 14.8 Å². The van der Waals surface area contributed by atoms with E-state index in [4.69, 9.17) is 21.1 Å². The monoisotopic (exact) mass is 407 g/mol. The van der Waals surface area contributed by atoms with Gasteiger partial charge in [0.25, 0.3) is 5.56 Å². The number of thiophene rings is 1. The summed E-state index contributed by atoms with van der Waals surface area (Å²) in [7, 11) is 2.95. The van der Waals surface area contributed by atoms with Crippen molar-refractivity contribution in [3.05, 3.63) is 44.3 Å². The normalized spacial score (nSPS) is 10.9. The lowest BCUT2D eigenvalue weighted by atomic mass is 10.2. The van der Waals surface area contributed by atoms with Crippen molar-refractivity contribution in [1.82, 2.24) is 9.55 Å². The van der Waals surface area contributed by atoms with E-state index in [9.17, 15) is 9.59 Å². The van der Waals surface area contributed by atoms with Gasteiger partial charge in [0.1, 0.15) is 22.9 Å². The number of nitrogens with one attached hydrogen (secondary N) is 1. The number of aryl methyl sites for hydroxylation is 2. The number of rotatable bonds is 5. The van der Waals surface area contributed by atoms with Crippen molar-refractivity contribution >= 4 is 44.7 Å². The zero-order valence-electron chi connectivity index (χ0n) is 15.3. The number of methoxy groups -OCH3 is 2. The van der Waals surface area contributed by atoms with Crippen LogP contribution in [0.15, 0.2) is 23.3 Å². The van der Waals surface area contributed by atoms with E-state index in [1.165, 1.54) is 36.5 Å². The van der Waals surface area contributed by atoms with Gasteiger partial charge in [-0.3, -0.25) is 14.2 Å². The number of fused-ring (bicyclic) bond motifs is 1. The molecule has 1 N–H and O–H groups in total. The van der Waals surface area contributed by atoms with Gasteiger partial charge in [-0.05, 0) is 19.4 Å². The van der Waals surface area contributed by atoms with Gasteiger partial charge in [-0.25, -0.2) is 4.98 Å². The minimum absolute atomic E-state index is 0.176. The lowest BCUT2D eigenvalue weighted by molar-refractivity contribution is -0.116. The summed E-state index contributed by atoms with van der Waals surface area (Å²) in [6.07, 6.45) is 1.39. The molecule has 0 aliphatic carbocycles. The second-order valence-electron chi connectivity index (χ2n) is 5.88. The van der Waals surface area contributed by atoms with Gasteiger partial charge in [0.15, 0.2) is 0 Å². The molecule has 1 aromatic carbocycles. The summed E-state index contributed by atoms with van der Waals surface area (Å²) in [4.78, 5) is 31.2. The first-order valence-corrected chi connectivity index (χ1v) is 9.21. The van der Waals surface area contributed by atoms with Crippen LogP contribution in [-0.4, -0.2) is 29.7 Å². The van der Waals surface area contributed by atoms with Gasteiger partial charge in [-0.15, -0.1) is 11.3 Å². The quantitative estimate of drug-likeness (QED) is 0.701. The number of anilines is 1. The highest BCUT2D eigenvalue weighted by Crippen LogP contribution is 2.35. The molecule has 142 valence electrons. The van der Waals surface area contributed by atoms with E-state index in [1.54, 1.807) is 12.1 Å². The Hall–Kier alpha value is -2.58. The van der Waals surface area contributed by atoms with Crippen LogP contribution in [-0.2, 0) is 11.3 Å². The molecule has 0 radical (unpaired) electrons. The Kier molecular flexibility index (Phi) is 5.38. The standard InChI is InChI=1S/C18H18ClN3O4S/c1-9-10(2)27-17-16(9)18(24)22(8-20-17)7-15(23)21-12-6-13(25-3)11(19)5-14(12)26-4/h5-6,8H,7H2,1-4H3,(H,21,23). The van der Waals surface area contributed by atoms with Crippen LogP contribution in [0.25, 0.3) is 10.2 Å². The molecule has 0 aliphatic heterocycles. The minimum Gasteiger partial charge on any atom is -0.495 e. The molecule has 0 saturated heterocycles. The molecule has 27 heavy (non-hydrogen) atoms. The maximum absolute atomic E-state index is 12.7. The van der Waals surface area contributed by atoms with Gasteiger partial charge in [0.2, 0.25) is 5.91 Å². The molecule has 9 heteroatoms. The van der Waals surface area contributed by atoms with Crippen molar-refractivity contribution in [3.8, 4) is 11.5 Å². The maximum Gasteiger partial charge on any atom is 0.262 e. The van der Waals surface area contributed by atoms with E-state index in [0.717, 1.165) is 10.4 Å². The Bertz CT molecular complexity index is 1090. The first-order valence-electron chi connectivity index (χ1n) is 8.02. The lowest BCUT2D eigenvalue weighted by Gasteiger charge is -2.13. The Morgan fingerprint density at radius 3 is 2.63 bits per heavy atom. The van der Waals surface area contributed by atoms with Crippen LogP contribution in [0.3, 0.4) is 0 Å². The number of carbonyl (C=O) groups is 1. The number of hydrogen-bond donors (Lipinski definition) is 1. The summed E-state index contributed by atoms with van der Waals surface area (Å²) in [5.74, 6) is 0.391. The van der Waals surface area contributed by atoms with Gasteiger partial charge in [-0.1, -0.05) is 11.6 Å². The van der Waals surface area contributed by atoms with Gasteiger partial charge in [0.05, 0.1) is 36.6 Å². The highest BCUT2D eigenvalue weighted by Gasteiger charge is 2.16. The number of ether oxygens (including phenoxy) is 2. The number of halogens is 1. The zero-order valence-corrected chi connectivity index (χ0v) is 16.8. The Balaban J connectivity index is 1.89. The van der Waals surface area contributed by atoms with Crippen molar-refractivity contribution in [2.75, 3.05) is 19.5 Å².